The maximum atomic E-state index is 6.14. The Morgan fingerprint density at radius 1 is 1.12 bits per heavy atom. The summed E-state index contributed by atoms with van der Waals surface area (Å²) in [6.07, 6.45) is 4.87. The molecule has 0 bridgehead atoms. The van der Waals surface area contributed by atoms with Gasteiger partial charge in [-0.05, 0) is 6.07 Å². The van der Waals surface area contributed by atoms with Gasteiger partial charge in [-0.15, -0.1) is 0 Å². The molecule has 0 saturated carbocycles. The molecule has 3 N–H and O–H groups in total. The molecule has 0 saturated heterocycles. The molecule has 8 nitrogen and oxygen atoms in total. The number of nitrogens with one attached hydrogen (secondary N) is 1. The van der Waals surface area contributed by atoms with Crippen molar-refractivity contribution in [3.63, 3.8) is 0 Å². The first kappa shape index (κ1) is 14.9. The van der Waals surface area contributed by atoms with Gasteiger partial charge >= 0.3 is 0 Å². The lowest BCUT2D eigenvalue weighted by atomic mass is 10.2. The van der Waals surface area contributed by atoms with Crippen LogP contribution < -0.4 is 11.1 Å². The first-order valence-electron chi connectivity index (χ1n) is 7.66. The summed E-state index contributed by atoms with van der Waals surface area (Å²) in [5, 5.41) is 11.4. The van der Waals surface area contributed by atoms with Gasteiger partial charge in [0.15, 0.2) is 17.4 Å². The summed E-state index contributed by atoms with van der Waals surface area (Å²) in [5.74, 6) is 1.75. The van der Waals surface area contributed by atoms with Crippen molar-refractivity contribution in [2.24, 2.45) is 0 Å². The van der Waals surface area contributed by atoms with Crippen LogP contribution in [0.15, 0.2) is 65.7 Å². The second-order valence-corrected chi connectivity index (χ2v) is 5.31. The van der Waals surface area contributed by atoms with E-state index in [1.807, 2.05) is 36.4 Å². The van der Waals surface area contributed by atoms with Gasteiger partial charge < -0.3 is 15.6 Å². The number of anilines is 2. The molecule has 0 radical (unpaired) electrons. The van der Waals surface area contributed by atoms with E-state index in [4.69, 9.17) is 10.3 Å². The number of hydrogen-bond acceptors (Lipinski definition) is 7. The van der Waals surface area contributed by atoms with Gasteiger partial charge in [0.25, 0.3) is 0 Å². The molecular formula is C17H15N7O. The van der Waals surface area contributed by atoms with Gasteiger partial charge in [0.2, 0.25) is 0 Å². The predicted octanol–water partition coefficient (Wildman–Crippen LogP) is 2.51. The van der Waals surface area contributed by atoms with Gasteiger partial charge in [-0.25, -0.2) is 14.6 Å². The van der Waals surface area contributed by atoms with E-state index in [1.165, 1.54) is 6.33 Å². The van der Waals surface area contributed by atoms with E-state index in [9.17, 15) is 0 Å². The quantitative estimate of drug-likeness (QED) is 0.577. The number of nitrogens with two attached hydrogens (primary N) is 1. The third kappa shape index (κ3) is 3.05. The maximum Gasteiger partial charge on any atom is 0.181 e. The summed E-state index contributed by atoms with van der Waals surface area (Å²) in [6, 6.07) is 13.5. The second-order valence-electron chi connectivity index (χ2n) is 5.31. The van der Waals surface area contributed by atoms with Crippen molar-refractivity contribution in [2.75, 3.05) is 11.1 Å². The highest BCUT2D eigenvalue weighted by Gasteiger charge is 2.11. The molecule has 0 spiro atoms. The van der Waals surface area contributed by atoms with Gasteiger partial charge in [0.05, 0.1) is 6.54 Å². The molecule has 4 aromatic rings. The minimum atomic E-state index is 0.415. The van der Waals surface area contributed by atoms with E-state index in [2.05, 4.69) is 25.5 Å². The molecule has 1 aromatic carbocycles. The minimum absolute atomic E-state index is 0.415. The van der Waals surface area contributed by atoms with Gasteiger partial charge in [0.1, 0.15) is 17.7 Å². The van der Waals surface area contributed by atoms with Crippen LogP contribution in [0, 0.1) is 0 Å². The highest BCUT2D eigenvalue weighted by molar-refractivity contribution is 5.69. The topological polar surface area (TPSA) is 108 Å². The molecule has 0 aliphatic heterocycles. The molecule has 0 atom stereocenters. The molecule has 0 fully saturated rings. The van der Waals surface area contributed by atoms with Crippen molar-refractivity contribution in [1.29, 1.82) is 0 Å². The summed E-state index contributed by atoms with van der Waals surface area (Å²) < 4.78 is 6.97. The molecule has 0 unspecified atom stereocenters. The van der Waals surface area contributed by atoms with Crippen molar-refractivity contribution in [3.8, 4) is 17.1 Å². The first-order chi connectivity index (χ1) is 12.3. The zero-order chi connectivity index (χ0) is 17.1. The number of rotatable bonds is 5. The summed E-state index contributed by atoms with van der Waals surface area (Å²) >= 11 is 0. The molecular weight excluding hydrogens is 318 g/mol. The van der Waals surface area contributed by atoms with E-state index in [0.717, 1.165) is 11.3 Å². The fraction of sp³-hybridized carbons (Fsp3) is 0.0588. The number of aromatic nitrogens is 5. The molecule has 25 heavy (non-hydrogen) atoms. The Bertz CT molecular complexity index is 964. The van der Waals surface area contributed by atoms with Crippen LogP contribution in [0.4, 0.5) is 11.5 Å². The number of nitrogens with zero attached hydrogens (tertiary/aromatic N) is 5. The van der Waals surface area contributed by atoms with Crippen LogP contribution in [-0.2, 0) is 6.54 Å². The number of hydrogen-bond donors (Lipinski definition) is 2. The molecule has 3 aromatic heterocycles. The van der Waals surface area contributed by atoms with E-state index in [-0.39, 0.29) is 0 Å². The van der Waals surface area contributed by atoms with E-state index in [1.54, 1.807) is 23.1 Å². The largest absolute Gasteiger partial charge is 0.393 e. The summed E-state index contributed by atoms with van der Waals surface area (Å²) in [7, 11) is 0. The molecule has 4 rings (SSSR count). The Labute approximate surface area is 143 Å². The second kappa shape index (κ2) is 6.44. The maximum absolute atomic E-state index is 6.14. The lowest BCUT2D eigenvalue weighted by Gasteiger charge is -2.09. The van der Waals surface area contributed by atoms with Gasteiger partial charge in [-0.2, -0.15) is 5.10 Å². The minimum Gasteiger partial charge on any atom is -0.393 e. The molecule has 124 valence electrons. The Hall–Kier alpha value is -3.68. The smallest absolute Gasteiger partial charge is 0.181 e. The van der Waals surface area contributed by atoms with E-state index >= 15 is 0 Å². The molecule has 3 heterocycles. The van der Waals surface area contributed by atoms with Crippen molar-refractivity contribution in [3.05, 3.63) is 66.9 Å². The summed E-state index contributed by atoms with van der Waals surface area (Å²) in [4.78, 5) is 8.35. The fourth-order valence-electron chi connectivity index (χ4n) is 2.41. The van der Waals surface area contributed by atoms with Crippen molar-refractivity contribution in [2.45, 2.75) is 6.54 Å². The SMILES string of the molecule is Nc1c(NCc2cc(-c3ccccc3)on2)ncnc1-n1cccn1. The standard InChI is InChI=1S/C17H15N7O/c18-15-16(20-11-21-17(15)24-8-4-7-22-24)19-10-13-9-14(25-23-13)12-5-2-1-3-6-12/h1-9,11H,10,18H2,(H,19,20,21). The van der Waals surface area contributed by atoms with E-state index < -0.39 is 0 Å². The third-order valence-corrected chi connectivity index (χ3v) is 3.64. The molecule has 0 aliphatic carbocycles. The normalized spacial score (nSPS) is 10.7. The van der Waals surface area contributed by atoms with Crippen LogP contribution in [0.3, 0.4) is 0 Å². The Morgan fingerprint density at radius 3 is 2.80 bits per heavy atom. The van der Waals surface area contributed by atoms with Crippen LogP contribution in [0.5, 0.6) is 0 Å². The van der Waals surface area contributed by atoms with Gasteiger partial charge in [-0.3, -0.25) is 0 Å². The summed E-state index contributed by atoms with van der Waals surface area (Å²) in [6.45, 7) is 0.427. The monoisotopic (exact) mass is 333 g/mol. The van der Waals surface area contributed by atoms with Crippen molar-refractivity contribution >= 4 is 11.5 Å². The highest BCUT2D eigenvalue weighted by Crippen LogP contribution is 2.23. The highest BCUT2D eigenvalue weighted by atomic mass is 16.5. The third-order valence-electron chi connectivity index (χ3n) is 3.64. The van der Waals surface area contributed by atoms with Crippen LogP contribution in [0.2, 0.25) is 0 Å². The fourth-order valence-corrected chi connectivity index (χ4v) is 2.41. The van der Waals surface area contributed by atoms with Crippen molar-refractivity contribution in [1.82, 2.24) is 24.9 Å². The first-order valence-corrected chi connectivity index (χ1v) is 7.66. The average Bonchev–Trinajstić information content (AvgIpc) is 3.34. The zero-order valence-electron chi connectivity index (χ0n) is 13.2. The average molecular weight is 333 g/mol. The lowest BCUT2D eigenvalue weighted by Crippen LogP contribution is -2.10. The van der Waals surface area contributed by atoms with Crippen molar-refractivity contribution < 1.29 is 4.52 Å². The predicted molar refractivity (Wildman–Crippen MR) is 92.8 cm³/mol. The lowest BCUT2D eigenvalue weighted by molar-refractivity contribution is 0.424. The Kier molecular flexibility index (Phi) is 3.83. The number of nitrogen functional groups attached to an aromatic ring is 1. The zero-order valence-corrected chi connectivity index (χ0v) is 13.2. The Balaban J connectivity index is 1.51. The van der Waals surface area contributed by atoms with Crippen LogP contribution in [-0.4, -0.2) is 24.9 Å². The van der Waals surface area contributed by atoms with Crippen LogP contribution in [0.25, 0.3) is 17.1 Å². The molecule has 0 aliphatic rings. The number of benzene rings is 1. The van der Waals surface area contributed by atoms with E-state index in [0.29, 0.717) is 29.6 Å². The molecule has 0 amide bonds. The Morgan fingerprint density at radius 2 is 2.00 bits per heavy atom. The molecule has 8 heteroatoms. The summed E-state index contributed by atoms with van der Waals surface area (Å²) in [5.41, 5.74) is 8.28. The van der Waals surface area contributed by atoms with Gasteiger partial charge in [-0.1, -0.05) is 35.5 Å². The van der Waals surface area contributed by atoms with Crippen LogP contribution in [0.1, 0.15) is 5.69 Å². The van der Waals surface area contributed by atoms with Crippen LogP contribution >= 0.6 is 0 Å². The van der Waals surface area contributed by atoms with Gasteiger partial charge in [0, 0.05) is 24.0 Å².